The van der Waals surface area contributed by atoms with Crippen molar-refractivity contribution in [1.82, 2.24) is 31.3 Å². The fourth-order valence-corrected chi connectivity index (χ4v) is 1.49. The lowest BCUT2D eigenvalue weighted by Crippen LogP contribution is -2.43. The van der Waals surface area contributed by atoms with Crippen LogP contribution >= 0.6 is 0 Å². The molecule has 2 atom stereocenters. The lowest BCUT2D eigenvalue weighted by Gasteiger charge is -2.14. The number of ether oxygens (including phenoxy) is 1. The summed E-state index contributed by atoms with van der Waals surface area (Å²) in [5.74, 6) is 0.456. The van der Waals surface area contributed by atoms with Crippen molar-refractivity contribution in [1.29, 1.82) is 0 Å². The number of carbonyl (C=O) groups excluding carboxylic acids is 1. The Morgan fingerprint density at radius 3 is 3.19 bits per heavy atom. The molecule has 1 aliphatic heterocycles. The molecule has 0 saturated carbocycles. The summed E-state index contributed by atoms with van der Waals surface area (Å²) < 4.78 is 5.15. The Labute approximate surface area is 92.1 Å². The highest BCUT2D eigenvalue weighted by Crippen LogP contribution is 2.05. The summed E-state index contributed by atoms with van der Waals surface area (Å²) in [5.41, 5.74) is 0. The molecule has 1 aromatic heterocycles. The van der Waals surface area contributed by atoms with Gasteiger partial charge in [-0.05, 0) is 13.3 Å². The maximum atomic E-state index is 11.5. The highest BCUT2D eigenvalue weighted by Gasteiger charge is 2.19. The van der Waals surface area contributed by atoms with Gasteiger partial charge in [0.2, 0.25) is 0 Å². The van der Waals surface area contributed by atoms with E-state index in [2.05, 4.69) is 31.3 Å². The molecule has 0 aromatic carbocycles. The molecular formula is C8H14N6O2. The Morgan fingerprint density at radius 1 is 1.69 bits per heavy atom. The van der Waals surface area contributed by atoms with Crippen molar-refractivity contribution < 1.29 is 9.53 Å². The van der Waals surface area contributed by atoms with Crippen LogP contribution in [0.3, 0.4) is 0 Å². The summed E-state index contributed by atoms with van der Waals surface area (Å²) >= 11 is 0. The van der Waals surface area contributed by atoms with Crippen molar-refractivity contribution in [2.45, 2.75) is 25.4 Å². The number of carbonyl (C=O) groups is 1. The normalized spacial score (nSPS) is 21.7. The Kier molecular flexibility index (Phi) is 3.30. The van der Waals surface area contributed by atoms with Gasteiger partial charge in [-0.15, -0.1) is 10.2 Å². The largest absolute Gasteiger partial charge is 0.379 e. The number of urea groups is 1. The minimum Gasteiger partial charge on any atom is -0.379 e. The number of aromatic amines is 1. The van der Waals surface area contributed by atoms with Crippen LogP contribution < -0.4 is 10.6 Å². The van der Waals surface area contributed by atoms with Crippen LogP contribution in [0.25, 0.3) is 0 Å². The molecule has 8 heteroatoms. The number of rotatable bonds is 3. The standard InChI is InChI=1S/C8H14N6O2/c1-5(7-11-13-14-12-7)9-8(15)10-6-2-3-16-4-6/h5-6H,2-4H2,1H3,(H2,9,10,15)(H,11,12,13,14). The van der Waals surface area contributed by atoms with E-state index < -0.39 is 0 Å². The van der Waals surface area contributed by atoms with Gasteiger partial charge >= 0.3 is 6.03 Å². The number of nitrogens with one attached hydrogen (secondary N) is 3. The summed E-state index contributed by atoms with van der Waals surface area (Å²) in [6.07, 6.45) is 0.851. The summed E-state index contributed by atoms with van der Waals surface area (Å²) in [6, 6.07) is -0.425. The zero-order chi connectivity index (χ0) is 11.4. The molecular weight excluding hydrogens is 212 g/mol. The molecule has 0 radical (unpaired) electrons. The number of tetrazole rings is 1. The van der Waals surface area contributed by atoms with E-state index in [1.54, 1.807) is 6.92 Å². The zero-order valence-corrected chi connectivity index (χ0v) is 8.93. The molecule has 1 fully saturated rings. The molecule has 2 heterocycles. The fourth-order valence-electron chi connectivity index (χ4n) is 1.49. The molecule has 88 valence electrons. The van der Waals surface area contributed by atoms with Gasteiger partial charge in [0.1, 0.15) is 0 Å². The first-order chi connectivity index (χ1) is 7.75. The number of H-pyrrole nitrogens is 1. The van der Waals surface area contributed by atoms with E-state index in [-0.39, 0.29) is 18.1 Å². The number of hydrogen-bond donors (Lipinski definition) is 3. The second-order valence-corrected chi connectivity index (χ2v) is 3.67. The highest BCUT2D eigenvalue weighted by atomic mass is 16.5. The smallest absolute Gasteiger partial charge is 0.315 e. The van der Waals surface area contributed by atoms with E-state index in [0.29, 0.717) is 19.0 Å². The summed E-state index contributed by atoms with van der Waals surface area (Å²) in [4.78, 5) is 11.5. The van der Waals surface area contributed by atoms with Crippen LogP contribution in [0.15, 0.2) is 0 Å². The Hall–Kier alpha value is -1.70. The van der Waals surface area contributed by atoms with Crippen molar-refractivity contribution in [3.05, 3.63) is 5.82 Å². The lowest BCUT2D eigenvalue weighted by atomic mass is 10.3. The Balaban J connectivity index is 1.78. The molecule has 0 spiro atoms. The Morgan fingerprint density at radius 2 is 2.56 bits per heavy atom. The van der Waals surface area contributed by atoms with Gasteiger partial charge < -0.3 is 15.4 Å². The highest BCUT2D eigenvalue weighted by molar-refractivity contribution is 5.74. The van der Waals surface area contributed by atoms with Gasteiger partial charge in [-0.25, -0.2) is 4.79 Å². The third-order valence-electron chi connectivity index (χ3n) is 2.36. The van der Waals surface area contributed by atoms with E-state index in [4.69, 9.17) is 4.74 Å². The minimum absolute atomic E-state index is 0.0949. The van der Waals surface area contributed by atoms with Crippen molar-refractivity contribution in [2.75, 3.05) is 13.2 Å². The summed E-state index contributed by atoms with van der Waals surface area (Å²) in [7, 11) is 0. The van der Waals surface area contributed by atoms with Gasteiger partial charge in [0.05, 0.1) is 18.7 Å². The van der Waals surface area contributed by atoms with Gasteiger partial charge in [0, 0.05) is 6.61 Å². The van der Waals surface area contributed by atoms with Crippen molar-refractivity contribution in [3.8, 4) is 0 Å². The topological polar surface area (TPSA) is 105 Å². The second kappa shape index (κ2) is 4.88. The first-order valence-electron chi connectivity index (χ1n) is 5.14. The molecule has 2 unspecified atom stereocenters. The average Bonchev–Trinajstić information content (AvgIpc) is 2.88. The molecule has 0 bridgehead atoms. The summed E-state index contributed by atoms with van der Waals surface area (Å²) in [6.45, 7) is 3.06. The quantitative estimate of drug-likeness (QED) is 0.635. The average molecular weight is 226 g/mol. The molecule has 3 N–H and O–H groups in total. The van der Waals surface area contributed by atoms with Gasteiger partial charge in [0.15, 0.2) is 5.82 Å². The van der Waals surface area contributed by atoms with Crippen LogP contribution in [-0.2, 0) is 4.74 Å². The van der Waals surface area contributed by atoms with E-state index in [0.717, 1.165) is 6.42 Å². The maximum Gasteiger partial charge on any atom is 0.315 e. The van der Waals surface area contributed by atoms with Gasteiger partial charge in [-0.1, -0.05) is 5.21 Å². The van der Waals surface area contributed by atoms with E-state index in [9.17, 15) is 4.79 Å². The molecule has 1 aromatic rings. The number of amides is 2. The third kappa shape index (κ3) is 2.66. The van der Waals surface area contributed by atoms with E-state index >= 15 is 0 Å². The first kappa shape index (κ1) is 10.8. The van der Waals surface area contributed by atoms with Crippen LogP contribution in [0.4, 0.5) is 4.79 Å². The van der Waals surface area contributed by atoms with Gasteiger partial charge in [-0.2, -0.15) is 5.21 Å². The molecule has 16 heavy (non-hydrogen) atoms. The molecule has 8 nitrogen and oxygen atoms in total. The predicted molar refractivity (Wildman–Crippen MR) is 53.5 cm³/mol. The molecule has 1 saturated heterocycles. The van der Waals surface area contributed by atoms with Crippen LogP contribution in [0, 0.1) is 0 Å². The fraction of sp³-hybridized carbons (Fsp3) is 0.750. The zero-order valence-electron chi connectivity index (χ0n) is 8.93. The van der Waals surface area contributed by atoms with Crippen molar-refractivity contribution in [2.24, 2.45) is 0 Å². The van der Waals surface area contributed by atoms with Crippen LogP contribution in [0.5, 0.6) is 0 Å². The molecule has 1 aliphatic rings. The van der Waals surface area contributed by atoms with Crippen LogP contribution in [-0.4, -0.2) is 45.9 Å². The van der Waals surface area contributed by atoms with Crippen molar-refractivity contribution >= 4 is 6.03 Å². The van der Waals surface area contributed by atoms with E-state index in [1.165, 1.54) is 0 Å². The third-order valence-corrected chi connectivity index (χ3v) is 2.36. The molecule has 0 aliphatic carbocycles. The second-order valence-electron chi connectivity index (χ2n) is 3.67. The number of aromatic nitrogens is 4. The molecule has 2 amide bonds. The van der Waals surface area contributed by atoms with Gasteiger partial charge in [0.25, 0.3) is 0 Å². The lowest BCUT2D eigenvalue weighted by molar-refractivity contribution is 0.188. The Bertz CT molecular complexity index is 334. The molecule has 2 rings (SSSR count). The van der Waals surface area contributed by atoms with Crippen LogP contribution in [0.2, 0.25) is 0 Å². The maximum absolute atomic E-state index is 11.5. The van der Waals surface area contributed by atoms with Gasteiger partial charge in [-0.3, -0.25) is 0 Å². The monoisotopic (exact) mass is 226 g/mol. The number of hydrogen-bond acceptors (Lipinski definition) is 5. The predicted octanol–water partition coefficient (Wildman–Crippen LogP) is -0.651. The number of nitrogens with zero attached hydrogens (tertiary/aromatic N) is 3. The van der Waals surface area contributed by atoms with Crippen molar-refractivity contribution in [3.63, 3.8) is 0 Å². The SMILES string of the molecule is CC(NC(=O)NC1CCOC1)c1nn[nH]n1. The van der Waals surface area contributed by atoms with E-state index in [1.807, 2.05) is 0 Å². The minimum atomic E-state index is -0.277. The van der Waals surface area contributed by atoms with Crippen LogP contribution in [0.1, 0.15) is 25.2 Å². The summed E-state index contributed by atoms with van der Waals surface area (Å²) in [5, 5.41) is 18.9. The first-order valence-corrected chi connectivity index (χ1v) is 5.14.